The molecular weight excluding hydrogens is 290 g/mol. The van der Waals surface area contributed by atoms with Crippen LogP contribution < -0.4 is 0 Å². The number of nitrogens with zero attached hydrogens (tertiary/aromatic N) is 1. The van der Waals surface area contributed by atoms with E-state index in [1.165, 1.54) is 11.2 Å². The Hall–Kier alpha value is -1.30. The number of aliphatic carboxylic acids is 1. The average molecular weight is 302 g/mol. The molecule has 0 aromatic carbocycles. The molecule has 1 aliphatic heterocycles. The maximum Gasteiger partial charge on any atom is 0.308 e. The molecule has 0 bridgehead atoms. The Kier molecular flexibility index (Phi) is 3.24. The SMILES string of the molecule is C[C@@H]1CN(C(=O)c2occc2Br)C[C@H]1C(=O)O. The van der Waals surface area contributed by atoms with Gasteiger partial charge in [-0.1, -0.05) is 6.92 Å². The predicted molar refractivity (Wildman–Crippen MR) is 62.6 cm³/mol. The minimum absolute atomic E-state index is 0.0369. The summed E-state index contributed by atoms with van der Waals surface area (Å²) >= 11 is 3.22. The third-order valence-corrected chi connectivity index (χ3v) is 3.65. The van der Waals surface area contributed by atoms with E-state index in [0.717, 1.165) is 0 Å². The first-order valence-electron chi connectivity index (χ1n) is 5.25. The van der Waals surface area contributed by atoms with Gasteiger partial charge in [0.05, 0.1) is 16.7 Å². The third kappa shape index (κ3) is 2.22. The summed E-state index contributed by atoms with van der Waals surface area (Å²) in [5.74, 6) is -1.43. The van der Waals surface area contributed by atoms with Crippen LogP contribution in [0.4, 0.5) is 0 Å². The van der Waals surface area contributed by atoms with Crippen LogP contribution in [0.1, 0.15) is 17.5 Å². The van der Waals surface area contributed by atoms with Gasteiger partial charge in [-0.25, -0.2) is 0 Å². The second kappa shape index (κ2) is 4.52. The highest BCUT2D eigenvalue weighted by molar-refractivity contribution is 9.10. The quantitative estimate of drug-likeness (QED) is 0.905. The molecular formula is C11H12BrNO4. The molecule has 0 saturated carbocycles. The van der Waals surface area contributed by atoms with Crippen molar-refractivity contribution in [3.05, 3.63) is 22.6 Å². The van der Waals surface area contributed by atoms with Crippen molar-refractivity contribution >= 4 is 27.8 Å². The van der Waals surface area contributed by atoms with Crippen LogP contribution >= 0.6 is 15.9 Å². The number of carbonyl (C=O) groups excluding carboxylic acids is 1. The van der Waals surface area contributed by atoms with Crippen LogP contribution in [-0.4, -0.2) is 35.0 Å². The molecule has 0 unspecified atom stereocenters. The zero-order chi connectivity index (χ0) is 12.6. The van der Waals surface area contributed by atoms with Gasteiger partial charge in [0.1, 0.15) is 0 Å². The van der Waals surface area contributed by atoms with Crippen molar-refractivity contribution in [3.63, 3.8) is 0 Å². The molecule has 5 nitrogen and oxygen atoms in total. The van der Waals surface area contributed by atoms with E-state index in [9.17, 15) is 9.59 Å². The number of carbonyl (C=O) groups is 2. The average Bonchev–Trinajstić information content (AvgIpc) is 2.83. The minimum Gasteiger partial charge on any atom is -0.481 e. The Morgan fingerprint density at radius 3 is 2.71 bits per heavy atom. The van der Waals surface area contributed by atoms with Gasteiger partial charge in [-0.05, 0) is 27.9 Å². The predicted octanol–water partition coefficient (Wildman–Crippen LogP) is 1.83. The summed E-state index contributed by atoms with van der Waals surface area (Å²) in [6.07, 6.45) is 1.42. The molecule has 6 heteroatoms. The molecule has 0 radical (unpaired) electrons. The van der Waals surface area contributed by atoms with Gasteiger partial charge in [0, 0.05) is 13.1 Å². The molecule has 1 aliphatic rings. The summed E-state index contributed by atoms with van der Waals surface area (Å²) in [7, 11) is 0. The number of amides is 1. The molecule has 1 fully saturated rings. The summed E-state index contributed by atoms with van der Waals surface area (Å²) in [5.41, 5.74) is 0. The maximum atomic E-state index is 12.1. The van der Waals surface area contributed by atoms with Crippen molar-refractivity contribution in [2.24, 2.45) is 11.8 Å². The highest BCUT2D eigenvalue weighted by Gasteiger charge is 2.38. The van der Waals surface area contributed by atoms with Crippen LogP contribution in [0.3, 0.4) is 0 Å². The molecule has 1 amide bonds. The molecule has 1 aromatic rings. The fraction of sp³-hybridized carbons (Fsp3) is 0.455. The number of furan rings is 1. The summed E-state index contributed by atoms with van der Waals surface area (Å²) in [6, 6.07) is 1.64. The van der Waals surface area contributed by atoms with Gasteiger partial charge in [0.2, 0.25) is 5.76 Å². The Balaban J connectivity index is 2.13. The van der Waals surface area contributed by atoms with Crippen LogP contribution in [0.15, 0.2) is 21.2 Å². The first kappa shape index (κ1) is 12.2. The lowest BCUT2D eigenvalue weighted by Crippen LogP contribution is -2.29. The molecule has 2 heterocycles. The lowest BCUT2D eigenvalue weighted by Gasteiger charge is -2.14. The molecule has 92 valence electrons. The number of carboxylic acids is 1. The summed E-state index contributed by atoms with van der Waals surface area (Å²) in [6.45, 7) is 2.52. The third-order valence-electron chi connectivity index (χ3n) is 3.03. The first-order valence-corrected chi connectivity index (χ1v) is 6.05. The maximum absolute atomic E-state index is 12.1. The van der Waals surface area contributed by atoms with Gasteiger partial charge in [0.25, 0.3) is 5.91 Å². The molecule has 2 rings (SSSR count). The standard InChI is InChI=1S/C11H12BrNO4/c1-6-4-13(5-7(6)11(15)16)10(14)9-8(12)2-3-17-9/h2-3,6-7H,4-5H2,1H3,(H,15,16)/t6-,7-/m1/s1. The topological polar surface area (TPSA) is 70.8 Å². The normalized spacial score (nSPS) is 24.0. The second-order valence-electron chi connectivity index (χ2n) is 4.23. The Morgan fingerprint density at radius 1 is 1.53 bits per heavy atom. The molecule has 17 heavy (non-hydrogen) atoms. The van der Waals surface area contributed by atoms with E-state index in [4.69, 9.17) is 9.52 Å². The summed E-state index contributed by atoms with van der Waals surface area (Å²) in [4.78, 5) is 24.5. The number of rotatable bonds is 2. The van der Waals surface area contributed by atoms with E-state index in [1.807, 2.05) is 6.92 Å². The van der Waals surface area contributed by atoms with Crippen LogP contribution in [0.25, 0.3) is 0 Å². The Labute approximate surface area is 107 Å². The Bertz CT molecular complexity index is 456. The van der Waals surface area contributed by atoms with Gasteiger partial charge in [-0.15, -0.1) is 0 Å². The van der Waals surface area contributed by atoms with E-state index >= 15 is 0 Å². The van der Waals surface area contributed by atoms with E-state index in [-0.39, 0.29) is 24.1 Å². The smallest absolute Gasteiger partial charge is 0.308 e. The van der Waals surface area contributed by atoms with E-state index in [0.29, 0.717) is 11.0 Å². The number of halogens is 1. The van der Waals surface area contributed by atoms with Gasteiger partial charge in [-0.3, -0.25) is 9.59 Å². The number of likely N-dealkylation sites (tertiary alicyclic amines) is 1. The molecule has 1 saturated heterocycles. The van der Waals surface area contributed by atoms with Gasteiger partial charge in [0.15, 0.2) is 0 Å². The van der Waals surface area contributed by atoms with E-state index < -0.39 is 11.9 Å². The monoisotopic (exact) mass is 301 g/mol. The lowest BCUT2D eigenvalue weighted by atomic mass is 9.99. The van der Waals surface area contributed by atoms with Crippen molar-refractivity contribution in [2.75, 3.05) is 13.1 Å². The number of hydrogen-bond donors (Lipinski definition) is 1. The minimum atomic E-state index is -0.855. The zero-order valence-corrected chi connectivity index (χ0v) is 10.8. The van der Waals surface area contributed by atoms with Crippen molar-refractivity contribution < 1.29 is 19.1 Å². The van der Waals surface area contributed by atoms with Crippen molar-refractivity contribution in [3.8, 4) is 0 Å². The number of hydrogen-bond acceptors (Lipinski definition) is 3. The van der Waals surface area contributed by atoms with Crippen molar-refractivity contribution in [2.45, 2.75) is 6.92 Å². The largest absolute Gasteiger partial charge is 0.481 e. The highest BCUT2D eigenvalue weighted by atomic mass is 79.9. The highest BCUT2D eigenvalue weighted by Crippen LogP contribution is 2.27. The number of carboxylic acid groups (broad SMARTS) is 1. The van der Waals surface area contributed by atoms with Crippen LogP contribution in [-0.2, 0) is 4.79 Å². The van der Waals surface area contributed by atoms with Gasteiger partial charge >= 0.3 is 5.97 Å². The fourth-order valence-corrected chi connectivity index (χ4v) is 2.42. The molecule has 0 aliphatic carbocycles. The van der Waals surface area contributed by atoms with E-state index in [1.54, 1.807) is 6.07 Å². The molecule has 1 aromatic heterocycles. The molecule has 2 atom stereocenters. The lowest BCUT2D eigenvalue weighted by molar-refractivity contribution is -0.142. The van der Waals surface area contributed by atoms with Crippen LogP contribution in [0.2, 0.25) is 0 Å². The molecule has 1 N–H and O–H groups in total. The Morgan fingerprint density at radius 2 is 2.24 bits per heavy atom. The molecule has 0 spiro atoms. The van der Waals surface area contributed by atoms with Crippen molar-refractivity contribution in [1.82, 2.24) is 4.90 Å². The van der Waals surface area contributed by atoms with Crippen LogP contribution in [0, 0.1) is 11.8 Å². The second-order valence-corrected chi connectivity index (χ2v) is 5.08. The van der Waals surface area contributed by atoms with Crippen molar-refractivity contribution in [1.29, 1.82) is 0 Å². The summed E-state index contributed by atoms with van der Waals surface area (Å²) in [5, 5.41) is 9.00. The fourth-order valence-electron chi connectivity index (χ4n) is 2.04. The van der Waals surface area contributed by atoms with Gasteiger partial charge < -0.3 is 14.4 Å². The van der Waals surface area contributed by atoms with Gasteiger partial charge in [-0.2, -0.15) is 0 Å². The van der Waals surface area contributed by atoms with E-state index in [2.05, 4.69) is 15.9 Å². The zero-order valence-electron chi connectivity index (χ0n) is 9.22. The summed E-state index contributed by atoms with van der Waals surface area (Å²) < 4.78 is 5.68. The first-order chi connectivity index (χ1) is 8.00. The van der Waals surface area contributed by atoms with Crippen LogP contribution in [0.5, 0.6) is 0 Å².